The van der Waals surface area contributed by atoms with Crippen LogP contribution in [0.25, 0.3) is 0 Å². The highest BCUT2D eigenvalue weighted by Crippen LogP contribution is 2.21. The Balaban J connectivity index is 0.000000605. The fourth-order valence-electron chi connectivity index (χ4n) is 1.37. The van der Waals surface area contributed by atoms with Crippen molar-refractivity contribution in [3.63, 3.8) is 0 Å². The maximum absolute atomic E-state index is 3.43. The smallest absolute Gasteiger partial charge is 0.0305 e. The Morgan fingerprint density at radius 3 is 3.27 bits per heavy atom. The van der Waals surface area contributed by atoms with Crippen molar-refractivity contribution < 1.29 is 0 Å². The Hall–Kier alpha value is -0.0500. The fourth-order valence-corrected chi connectivity index (χ4v) is 2.24. The van der Waals surface area contributed by atoms with Gasteiger partial charge in [0.15, 0.2) is 0 Å². The summed E-state index contributed by atoms with van der Waals surface area (Å²) in [6.45, 7) is 3.31. The SMILES string of the molecule is CC1Cc2ccsc2CN1.Cl. The van der Waals surface area contributed by atoms with Crippen LogP contribution in [0, 0.1) is 0 Å². The molecule has 2 rings (SSSR count). The maximum Gasteiger partial charge on any atom is 0.0305 e. The van der Waals surface area contributed by atoms with Crippen LogP contribution in [-0.4, -0.2) is 6.04 Å². The second kappa shape index (κ2) is 3.57. The van der Waals surface area contributed by atoms with E-state index in [9.17, 15) is 0 Å². The maximum atomic E-state index is 3.43. The van der Waals surface area contributed by atoms with Crippen molar-refractivity contribution in [2.45, 2.75) is 25.9 Å². The van der Waals surface area contributed by atoms with Gasteiger partial charge in [0.05, 0.1) is 0 Å². The molecule has 1 unspecified atom stereocenters. The van der Waals surface area contributed by atoms with Crippen molar-refractivity contribution in [3.05, 3.63) is 21.9 Å². The van der Waals surface area contributed by atoms with Crippen LogP contribution >= 0.6 is 23.7 Å². The lowest BCUT2D eigenvalue weighted by atomic mass is 10.0. The third-order valence-corrected chi connectivity index (χ3v) is 2.94. The molecule has 0 fully saturated rings. The lowest BCUT2D eigenvalue weighted by molar-refractivity contribution is 0.520. The molecule has 0 amide bonds. The van der Waals surface area contributed by atoms with E-state index >= 15 is 0 Å². The lowest BCUT2D eigenvalue weighted by Gasteiger charge is -2.19. The topological polar surface area (TPSA) is 12.0 Å². The van der Waals surface area contributed by atoms with Crippen LogP contribution in [0.15, 0.2) is 11.4 Å². The van der Waals surface area contributed by atoms with Crippen molar-refractivity contribution in [1.29, 1.82) is 0 Å². The molecule has 0 radical (unpaired) electrons. The number of nitrogens with one attached hydrogen (secondary N) is 1. The lowest BCUT2D eigenvalue weighted by Crippen LogP contribution is -2.31. The molecular weight excluding hydrogens is 178 g/mol. The number of halogens is 1. The first-order valence-electron chi connectivity index (χ1n) is 3.65. The van der Waals surface area contributed by atoms with E-state index in [0.29, 0.717) is 6.04 Å². The molecule has 0 aromatic carbocycles. The van der Waals surface area contributed by atoms with E-state index in [1.54, 1.807) is 5.56 Å². The Kier molecular flexibility index (Phi) is 2.93. The molecule has 11 heavy (non-hydrogen) atoms. The van der Waals surface area contributed by atoms with E-state index in [0.717, 1.165) is 6.54 Å². The van der Waals surface area contributed by atoms with Crippen LogP contribution in [-0.2, 0) is 13.0 Å². The minimum atomic E-state index is 0. The van der Waals surface area contributed by atoms with Gasteiger partial charge in [-0.15, -0.1) is 23.7 Å². The Bertz CT molecular complexity index is 234. The molecule has 0 bridgehead atoms. The van der Waals surface area contributed by atoms with E-state index in [2.05, 4.69) is 23.7 Å². The highest BCUT2D eigenvalue weighted by Gasteiger charge is 2.13. The van der Waals surface area contributed by atoms with E-state index in [-0.39, 0.29) is 12.4 Å². The molecule has 0 spiro atoms. The zero-order valence-electron chi connectivity index (χ0n) is 6.46. The minimum absolute atomic E-state index is 0. The van der Waals surface area contributed by atoms with E-state index in [1.165, 1.54) is 11.3 Å². The summed E-state index contributed by atoms with van der Waals surface area (Å²) in [5.41, 5.74) is 1.55. The molecule has 1 aromatic rings. The molecular formula is C8H12ClNS. The second-order valence-electron chi connectivity index (χ2n) is 2.86. The quantitative estimate of drug-likeness (QED) is 0.660. The van der Waals surface area contributed by atoms with Crippen LogP contribution in [0.1, 0.15) is 17.4 Å². The van der Waals surface area contributed by atoms with Gasteiger partial charge in [-0.1, -0.05) is 0 Å². The average Bonchev–Trinajstić information content (AvgIpc) is 2.33. The van der Waals surface area contributed by atoms with Crippen LogP contribution in [0.5, 0.6) is 0 Å². The molecule has 1 aliphatic rings. The number of hydrogen-bond donors (Lipinski definition) is 1. The van der Waals surface area contributed by atoms with Gasteiger partial charge in [-0.05, 0) is 30.4 Å². The Labute approximate surface area is 77.2 Å². The molecule has 3 heteroatoms. The van der Waals surface area contributed by atoms with E-state index < -0.39 is 0 Å². The second-order valence-corrected chi connectivity index (χ2v) is 3.86. The first-order valence-corrected chi connectivity index (χ1v) is 4.53. The number of thiophene rings is 1. The summed E-state index contributed by atoms with van der Waals surface area (Å²) < 4.78 is 0. The molecule has 2 heterocycles. The highest BCUT2D eigenvalue weighted by molar-refractivity contribution is 7.10. The summed E-state index contributed by atoms with van der Waals surface area (Å²) >= 11 is 1.86. The first kappa shape index (κ1) is 9.04. The van der Waals surface area contributed by atoms with Gasteiger partial charge < -0.3 is 5.32 Å². The van der Waals surface area contributed by atoms with Crippen molar-refractivity contribution in [3.8, 4) is 0 Å². The van der Waals surface area contributed by atoms with Gasteiger partial charge in [0, 0.05) is 17.5 Å². The summed E-state index contributed by atoms with van der Waals surface area (Å²) in [5, 5.41) is 5.62. The normalized spacial score (nSPS) is 22.1. The summed E-state index contributed by atoms with van der Waals surface area (Å²) in [4.78, 5) is 1.53. The van der Waals surface area contributed by atoms with Crippen LogP contribution < -0.4 is 5.32 Å². The zero-order valence-corrected chi connectivity index (χ0v) is 8.10. The van der Waals surface area contributed by atoms with Gasteiger partial charge in [-0.3, -0.25) is 0 Å². The highest BCUT2D eigenvalue weighted by atomic mass is 35.5. The molecule has 0 saturated heterocycles. The van der Waals surface area contributed by atoms with Gasteiger partial charge >= 0.3 is 0 Å². The molecule has 1 nitrogen and oxygen atoms in total. The predicted molar refractivity (Wildman–Crippen MR) is 51.6 cm³/mol. The Morgan fingerprint density at radius 2 is 2.45 bits per heavy atom. The molecule has 0 aliphatic carbocycles. The summed E-state index contributed by atoms with van der Waals surface area (Å²) in [7, 11) is 0. The Morgan fingerprint density at radius 1 is 1.64 bits per heavy atom. The van der Waals surface area contributed by atoms with Crippen LogP contribution in [0.3, 0.4) is 0 Å². The van der Waals surface area contributed by atoms with Gasteiger partial charge in [0.25, 0.3) is 0 Å². The van der Waals surface area contributed by atoms with Crippen molar-refractivity contribution in [2.24, 2.45) is 0 Å². The molecule has 0 saturated carbocycles. The summed E-state index contributed by atoms with van der Waals surface area (Å²) in [6.07, 6.45) is 1.21. The number of rotatable bonds is 0. The van der Waals surface area contributed by atoms with Gasteiger partial charge in [0.2, 0.25) is 0 Å². The minimum Gasteiger partial charge on any atom is -0.309 e. The number of fused-ring (bicyclic) bond motifs is 1. The average molecular weight is 190 g/mol. The third kappa shape index (κ3) is 1.75. The van der Waals surface area contributed by atoms with E-state index in [1.807, 2.05) is 11.3 Å². The van der Waals surface area contributed by atoms with Crippen molar-refractivity contribution >= 4 is 23.7 Å². The number of hydrogen-bond acceptors (Lipinski definition) is 2. The van der Waals surface area contributed by atoms with E-state index in [4.69, 9.17) is 0 Å². The van der Waals surface area contributed by atoms with Gasteiger partial charge in [0.1, 0.15) is 0 Å². The third-order valence-electron chi connectivity index (χ3n) is 1.97. The molecule has 1 atom stereocenters. The first-order chi connectivity index (χ1) is 4.86. The molecule has 1 N–H and O–H groups in total. The molecule has 1 aromatic heterocycles. The van der Waals surface area contributed by atoms with Crippen molar-refractivity contribution in [2.75, 3.05) is 0 Å². The predicted octanol–water partition coefficient (Wildman–Crippen LogP) is 2.20. The van der Waals surface area contributed by atoms with Crippen molar-refractivity contribution in [1.82, 2.24) is 5.32 Å². The van der Waals surface area contributed by atoms with Gasteiger partial charge in [-0.25, -0.2) is 0 Å². The largest absolute Gasteiger partial charge is 0.309 e. The zero-order chi connectivity index (χ0) is 6.97. The monoisotopic (exact) mass is 189 g/mol. The summed E-state index contributed by atoms with van der Waals surface area (Å²) in [6, 6.07) is 2.92. The molecule has 1 aliphatic heterocycles. The van der Waals surface area contributed by atoms with Gasteiger partial charge in [-0.2, -0.15) is 0 Å². The van der Waals surface area contributed by atoms with Crippen LogP contribution in [0.2, 0.25) is 0 Å². The fraction of sp³-hybridized carbons (Fsp3) is 0.500. The summed E-state index contributed by atoms with van der Waals surface area (Å²) in [5.74, 6) is 0. The van der Waals surface area contributed by atoms with Crippen LogP contribution in [0.4, 0.5) is 0 Å². The molecule has 62 valence electrons. The standard InChI is InChI=1S/C8H11NS.ClH/c1-6-4-7-2-3-10-8(7)5-9-6;/h2-3,6,9H,4-5H2,1H3;1H.